The van der Waals surface area contributed by atoms with Crippen molar-refractivity contribution < 1.29 is 19.1 Å². The zero-order chi connectivity index (χ0) is 29.3. The zero-order valence-electron chi connectivity index (χ0n) is 24.3. The summed E-state index contributed by atoms with van der Waals surface area (Å²) in [7, 11) is 0. The van der Waals surface area contributed by atoms with Crippen LogP contribution in [0.4, 0.5) is 0 Å². The van der Waals surface area contributed by atoms with Crippen LogP contribution in [0.1, 0.15) is 61.8 Å². The van der Waals surface area contributed by atoms with Gasteiger partial charge in [0.25, 0.3) is 0 Å². The van der Waals surface area contributed by atoms with Gasteiger partial charge in [-0.2, -0.15) is 5.10 Å². The average Bonchev–Trinajstić information content (AvgIpc) is 3.39. The standard InChI is InChI=1S/C32H40N6O4/c1-24-33-31-27(23-25-11-4-2-5-12-25)34-32(41)28-15-8-9-19-37(28)30(40)16-10-18-36(20-21-38(31)35-24)29(39)17-22-42-26-13-6-3-7-14-26/h2-7,11-14,27-28H,8-10,15-23H2,1H3,(H,34,41)/t27-,28+/m1/s1. The Kier molecular flexibility index (Phi) is 9.84. The summed E-state index contributed by atoms with van der Waals surface area (Å²) >= 11 is 0. The number of aryl methyl sites for hydroxylation is 1. The fourth-order valence-corrected chi connectivity index (χ4v) is 5.79. The highest BCUT2D eigenvalue weighted by molar-refractivity contribution is 5.88. The molecule has 2 aliphatic heterocycles. The maximum Gasteiger partial charge on any atom is 0.243 e. The maximum atomic E-state index is 13.7. The minimum absolute atomic E-state index is 0.0335. The summed E-state index contributed by atoms with van der Waals surface area (Å²) in [5.74, 6) is 1.75. The van der Waals surface area contributed by atoms with E-state index in [0.717, 1.165) is 24.2 Å². The Hall–Kier alpha value is -4.21. The van der Waals surface area contributed by atoms with Gasteiger partial charge in [0, 0.05) is 26.1 Å². The molecule has 10 heteroatoms. The minimum atomic E-state index is -0.516. The largest absolute Gasteiger partial charge is 0.493 e. The molecule has 0 radical (unpaired) electrons. The monoisotopic (exact) mass is 572 g/mol. The van der Waals surface area contributed by atoms with Crippen molar-refractivity contribution in [1.82, 2.24) is 29.9 Å². The topological polar surface area (TPSA) is 110 Å². The van der Waals surface area contributed by atoms with Crippen LogP contribution in [0, 0.1) is 6.92 Å². The molecule has 1 aromatic heterocycles. The number of fused-ring (bicyclic) bond motifs is 2. The average molecular weight is 573 g/mol. The van der Waals surface area contributed by atoms with Gasteiger partial charge in [-0.05, 0) is 56.7 Å². The number of hydrogen-bond donors (Lipinski definition) is 1. The van der Waals surface area contributed by atoms with Crippen LogP contribution in [-0.4, -0.2) is 74.6 Å². The third kappa shape index (κ3) is 7.54. The van der Waals surface area contributed by atoms with Crippen LogP contribution in [-0.2, 0) is 27.3 Å². The van der Waals surface area contributed by atoms with Crippen molar-refractivity contribution in [3.8, 4) is 5.75 Å². The molecule has 5 rings (SSSR count). The number of aromatic nitrogens is 3. The van der Waals surface area contributed by atoms with Crippen LogP contribution in [0.5, 0.6) is 5.75 Å². The fraction of sp³-hybridized carbons (Fsp3) is 0.469. The van der Waals surface area contributed by atoms with Gasteiger partial charge in [0.15, 0.2) is 0 Å². The number of nitrogens with one attached hydrogen (secondary N) is 1. The Balaban J connectivity index is 1.39. The summed E-state index contributed by atoms with van der Waals surface area (Å²) in [5, 5.41) is 7.89. The first-order valence-electron chi connectivity index (χ1n) is 15.0. The molecule has 0 bridgehead atoms. The van der Waals surface area contributed by atoms with Gasteiger partial charge in [0.2, 0.25) is 17.7 Å². The van der Waals surface area contributed by atoms with Crippen LogP contribution >= 0.6 is 0 Å². The third-order valence-corrected chi connectivity index (χ3v) is 7.92. The molecule has 0 spiro atoms. The lowest BCUT2D eigenvalue weighted by Gasteiger charge is -2.36. The first kappa shape index (κ1) is 29.3. The highest BCUT2D eigenvalue weighted by Gasteiger charge is 2.34. The Morgan fingerprint density at radius 3 is 2.50 bits per heavy atom. The summed E-state index contributed by atoms with van der Waals surface area (Å²) in [6.45, 7) is 3.94. The third-order valence-electron chi connectivity index (χ3n) is 7.92. The maximum absolute atomic E-state index is 13.7. The molecule has 2 atom stereocenters. The van der Waals surface area contributed by atoms with Gasteiger partial charge < -0.3 is 19.9 Å². The Labute approximate surface area is 247 Å². The second-order valence-corrected chi connectivity index (χ2v) is 11.0. The zero-order valence-corrected chi connectivity index (χ0v) is 24.3. The molecule has 2 aromatic carbocycles. The molecule has 3 heterocycles. The van der Waals surface area contributed by atoms with E-state index in [1.54, 1.807) is 9.80 Å². The van der Waals surface area contributed by atoms with E-state index in [1.165, 1.54) is 0 Å². The van der Waals surface area contributed by atoms with E-state index in [-0.39, 0.29) is 37.2 Å². The number of carbonyl (C=O) groups excluding carboxylic acids is 3. The highest BCUT2D eigenvalue weighted by Crippen LogP contribution is 2.23. The lowest BCUT2D eigenvalue weighted by atomic mass is 9.99. The number of piperidine rings is 1. The number of benzene rings is 2. The highest BCUT2D eigenvalue weighted by atomic mass is 16.5. The molecule has 1 N–H and O–H groups in total. The van der Waals surface area contributed by atoms with Crippen LogP contribution in [0.2, 0.25) is 0 Å². The van der Waals surface area contributed by atoms with Gasteiger partial charge in [-0.3, -0.25) is 14.4 Å². The van der Waals surface area contributed by atoms with E-state index in [1.807, 2.05) is 72.3 Å². The van der Waals surface area contributed by atoms with E-state index in [0.29, 0.717) is 57.1 Å². The number of amides is 3. The van der Waals surface area contributed by atoms with Crippen molar-refractivity contribution in [2.75, 3.05) is 26.2 Å². The fourth-order valence-electron chi connectivity index (χ4n) is 5.79. The first-order valence-corrected chi connectivity index (χ1v) is 15.0. The molecule has 1 saturated heterocycles. The van der Waals surface area contributed by atoms with E-state index in [2.05, 4.69) is 10.4 Å². The van der Waals surface area contributed by atoms with Gasteiger partial charge in [-0.15, -0.1) is 0 Å². The number of hydrogen-bond acceptors (Lipinski definition) is 6. The number of carbonyl (C=O) groups is 3. The van der Waals surface area contributed by atoms with E-state index >= 15 is 0 Å². The normalized spacial score (nSPS) is 20.2. The molecule has 3 aromatic rings. The molecule has 0 saturated carbocycles. The Morgan fingerprint density at radius 2 is 1.71 bits per heavy atom. The summed E-state index contributed by atoms with van der Waals surface area (Å²) in [6, 6.07) is 18.5. The molecule has 42 heavy (non-hydrogen) atoms. The van der Waals surface area contributed by atoms with Crippen molar-refractivity contribution in [1.29, 1.82) is 0 Å². The molecule has 222 valence electrons. The second-order valence-electron chi connectivity index (χ2n) is 11.0. The van der Waals surface area contributed by atoms with Crippen LogP contribution in [0.3, 0.4) is 0 Å². The summed E-state index contributed by atoms with van der Waals surface area (Å²) < 4.78 is 7.59. The second kappa shape index (κ2) is 14.1. The first-order chi connectivity index (χ1) is 20.5. The van der Waals surface area contributed by atoms with Gasteiger partial charge in [0.05, 0.1) is 25.6 Å². The van der Waals surface area contributed by atoms with Gasteiger partial charge in [0.1, 0.15) is 23.4 Å². The van der Waals surface area contributed by atoms with Gasteiger partial charge >= 0.3 is 0 Å². The van der Waals surface area contributed by atoms with Crippen LogP contribution in [0.15, 0.2) is 60.7 Å². The van der Waals surface area contributed by atoms with Crippen LogP contribution < -0.4 is 10.1 Å². The van der Waals surface area contributed by atoms with Crippen molar-refractivity contribution in [3.63, 3.8) is 0 Å². The summed E-state index contributed by atoms with van der Waals surface area (Å²) in [6.07, 6.45) is 3.98. The van der Waals surface area contributed by atoms with Crippen molar-refractivity contribution in [3.05, 3.63) is 77.9 Å². The van der Waals surface area contributed by atoms with Gasteiger partial charge in [-0.25, -0.2) is 9.67 Å². The summed E-state index contributed by atoms with van der Waals surface area (Å²) in [5.41, 5.74) is 1.06. The molecular weight excluding hydrogens is 532 g/mol. The molecule has 3 amide bonds. The molecule has 2 aliphatic rings. The molecule has 10 nitrogen and oxygen atoms in total. The number of ether oxygens (including phenoxy) is 1. The Bertz CT molecular complexity index is 1350. The smallest absolute Gasteiger partial charge is 0.243 e. The van der Waals surface area contributed by atoms with E-state index in [9.17, 15) is 14.4 Å². The van der Waals surface area contributed by atoms with Crippen molar-refractivity contribution in [2.45, 2.75) is 70.5 Å². The minimum Gasteiger partial charge on any atom is -0.493 e. The molecule has 1 fully saturated rings. The van der Waals surface area contributed by atoms with Crippen molar-refractivity contribution >= 4 is 17.7 Å². The SMILES string of the molecule is Cc1nc2n(n1)CCN(C(=O)CCOc1ccccc1)CCCC(=O)N1CCCC[C@H]1C(=O)N[C@@H]2Cc1ccccc1. The number of rotatable bonds is 6. The molecular formula is C32H40N6O4. The molecule has 0 aliphatic carbocycles. The lowest BCUT2D eigenvalue weighted by Crippen LogP contribution is -2.53. The Morgan fingerprint density at radius 1 is 0.952 bits per heavy atom. The summed E-state index contributed by atoms with van der Waals surface area (Å²) in [4.78, 5) is 48.7. The van der Waals surface area contributed by atoms with Crippen molar-refractivity contribution in [2.24, 2.45) is 0 Å². The number of para-hydroxylation sites is 1. The quantitative estimate of drug-likeness (QED) is 0.485. The van der Waals surface area contributed by atoms with E-state index < -0.39 is 12.1 Å². The number of nitrogens with zero attached hydrogens (tertiary/aromatic N) is 5. The lowest BCUT2D eigenvalue weighted by molar-refractivity contribution is -0.143. The predicted octanol–water partition coefficient (Wildman–Crippen LogP) is 3.46. The predicted molar refractivity (Wildman–Crippen MR) is 158 cm³/mol. The molecule has 0 unspecified atom stereocenters. The van der Waals surface area contributed by atoms with E-state index in [4.69, 9.17) is 9.72 Å². The van der Waals surface area contributed by atoms with Crippen LogP contribution in [0.25, 0.3) is 0 Å². The van der Waals surface area contributed by atoms with Gasteiger partial charge in [-0.1, -0.05) is 48.5 Å².